The van der Waals surface area contributed by atoms with Crippen molar-refractivity contribution in [2.75, 3.05) is 10.6 Å². The molecule has 144 valence electrons. The van der Waals surface area contributed by atoms with Crippen LogP contribution < -0.4 is 10.6 Å². The predicted octanol–water partition coefficient (Wildman–Crippen LogP) is 4.37. The van der Waals surface area contributed by atoms with Crippen molar-refractivity contribution < 1.29 is 0 Å². The highest BCUT2D eigenvalue weighted by Gasteiger charge is 2.03. The zero-order chi connectivity index (χ0) is 19.6. The first-order chi connectivity index (χ1) is 14.2. The number of nitrogens with one attached hydrogen (secondary N) is 4. The fourth-order valence-electron chi connectivity index (χ4n) is 3.46. The number of hydrogen-bond donors (Lipinski definition) is 4. The van der Waals surface area contributed by atoms with Crippen LogP contribution in [0.25, 0.3) is 21.8 Å². The summed E-state index contributed by atoms with van der Waals surface area (Å²) in [5.41, 5.74) is 5.71. The molecule has 0 unspecified atom stereocenters. The van der Waals surface area contributed by atoms with Crippen LogP contribution in [-0.2, 0) is 13.1 Å². The standard InChI is InChI=1S/C22H21N7/c1-14-8-17-9-15(2-4-19(17)27-14)12-25-22-23-7-6-21(28-22)24-11-16-3-5-20-18(10-16)13-26-29-20/h2-10,13,27H,11-12H2,1H3,(H,26,29)(H2,23,24,25,28). The number of nitrogens with zero attached hydrogens (tertiary/aromatic N) is 3. The van der Waals surface area contributed by atoms with Crippen LogP contribution >= 0.6 is 0 Å². The average molecular weight is 383 g/mol. The normalized spacial score (nSPS) is 11.2. The van der Waals surface area contributed by atoms with Gasteiger partial charge in [-0.2, -0.15) is 10.1 Å². The van der Waals surface area contributed by atoms with Crippen LogP contribution in [0, 0.1) is 6.92 Å². The first-order valence-corrected chi connectivity index (χ1v) is 9.54. The van der Waals surface area contributed by atoms with E-state index in [1.165, 1.54) is 22.2 Å². The van der Waals surface area contributed by atoms with Gasteiger partial charge in [0.2, 0.25) is 5.95 Å². The molecule has 0 aliphatic rings. The van der Waals surface area contributed by atoms with Gasteiger partial charge in [0.15, 0.2) is 0 Å². The lowest BCUT2D eigenvalue weighted by Crippen LogP contribution is -2.06. The van der Waals surface area contributed by atoms with E-state index in [0.29, 0.717) is 19.0 Å². The molecule has 0 radical (unpaired) electrons. The molecule has 29 heavy (non-hydrogen) atoms. The fraction of sp³-hybridized carbons (Fsp3) is 0.136. The summed E-state index contributed by atoms with van der Waals surface area (Å²) in [6, 6.07) is 16.7. The van der Waals surface area contributed by atoms with Crippen molar-refractivity contribution in [2.45, 2.75) is 20.0 Å². The molecule has 7 heteroatoms. The van der Waals surface area contributed by atoms with E-state index in [1.807, 2.05) is 18.3 Å². The van der Waals surface area contributed by atoms with Crippen molar-refractivity contribution in [3.05, 3.63) is 77.7 Å². The molecule has 3 aromatic heterocycles. The third kappa shape index (κ3) is 3.75. The van der Waals surface area contributed by atoms with E-state index in [9.17, 15) is 0 Å². The van der Waals surface area contributed by atoms with Gasteiger partial charge in [0.25, 0.3) is 0 Å². The summed E-state index contributed by atoms with van der Waals surface area (Å²) >= 11 is 0. The van der Waals surface area contributed by atoms with Crippen LogP contribution in [0.5, 0.6) is 0 Å². The monoisotopic (exact) mass is 383 g/mol. The Hall–Kier alpha value is -3.87. The van der Waals surface area contributed by atoms with Crippen LogP contribution in [0.2, 0.25) is 0 Å². The van der Waals surface area contributed by atoms with Crippen molar-refractivity contribution in [3.8, 4) is 0 Å². The van der Waals surface area contributed by atoms with E-state index >= 15 is 0 Å². The number of rotatable bonds is 6. The molecule has 5 rings (SSSR count). The molecule has 7 nitrogen and oxygen atoms in total. The second-order valence-electron chi connectivity index (χ2n) is 7.14. The molecule has 0 bridgehead atoms. The summed E-state index contributed by atoms with van der Waals surface area (Å²) in [5.74, 6) is 1.39. The van der Waals surface area contributed by atoms with Crippen molar-refractivity contribution in [3.63, 3.8) is 0 Å². The molecular weight excluding hydrogens is 362 g/mol. The van der Waals surface area contributed by atoms with Crippen LogP contribution in [-0.4, -0.2) is 25.1 Å². The molecular formula is C22H21N7. The lowest BCUT2D eigenvalue weighted by molar-refractivity contribution is 1.04. The maximum absolute atomic E-state index is 4.56. The highest BCUT2D eigenvalue weighted by Crippen LogP contribution is 2.18. The molecule has 2 aromatic carbocycles. The van der Waals surface area contributed by atoms with Crippen LogP contribution in [0.1, 0.15) is 16.8 Å². The van der Waals surface area contributed by atoms with Gasteiger partial charge in [-0.25, -0.2) is 4.98 Å². The van der Waals surface area contributed by atoms with Gasteiger partial charge < -0.3 is 15.6 Å². The van der Waals surface area contributed by atoms with Crippen LogP contribution in [0.3, 0.4) is 0 Å². The van der Waals surface area contributed by atoms with E-state index in [-0.39, 0.29) is 0 Å². The quantitative estimate of drug-likeness (QED) is 0.349. The molecule has 0 aliphatic heterocycles. The molecule has 0 aliphatic carbocycles. The molecule has 0 saturated heterocycles. The molecule has 0 amide bonds. The Labute approximate surface area is 167 Å². The Kier molecular flexibility index (Phi) is 4.32. The Bertz CT molecular complexity index is 1280. The van der Waals surface area contributed by atoms with Crippen LogP contribution in [0.15, 0.2) is 60.9 Å². The van der Waals surface area contributed by atoms with Gasteiger partial charge in [0.1, 0.15) is 5.82 Å². The molecule has 3 heterocycles. The van der Waals surface area contributed by atoms with Gasteiger partial charge in [-0.05, 0) is 59.8 Å². The Morgan fingerprint density at radius 3 is 2.55 bits per heavy atom. The third-order valence-corrected chi connectivity index (χ3v) is 4.90. The van der Waals surface area contributed by atoms with E-state index in [1.54, 1.807) is 6.20 Å². The van der Waals surface area contributed by atoms with Crippen molar-refractivity contribution in [1.29, 1.82) is 0 Å². The zero-order valence-electron chi connectivity index (χ0n) is 16.0. The molecule has 0 atom stereocenters. The first kappa shape index (κ1) is 17.2. The zero-order valence-corrected chi connectivity index (χ0v) is 16.0. The summed E-state index contributed by atoms with van der Waals surface area (Å²) in [5, 5.41) is 16.0. The van der Waals surface area contributed by atoms with Gasteiger partial charge in [-0.3, -0.25) is 5.10 Å². The maximum Gasteiger partial charge on any atom is 0.224 e. The molecule has 4 N–H and O–H groups in total. The number of aromatic amines is 2. The lowest BCUT2D eigenvalue weighted by atomic mass is 10.1. The summed E-state index contributed by atoms with van der Waals surface area (Å²) < 4.78 is 0. The van der Waals surface area contributed by atoms with Crippen LogP contribution in [0.4, 0.5) is 11.8 Å². The smallest absolute Gasteiger partial charge is 0.224 e. The second kappa shape index (κ2) is 7.27. The number of benzene rings is 2. The Balaban J connectivity index is 1.23. The van der Waals surface area contributed by atoms with Gasteiger partial charge in [-0.15, -0.1) is 0 Å². The summed E-state index contributed by atoms with van der Waals surface area (Å²) in [4.78, 5) is 12.2. The third-order valence-electron chi connectivity index (χ3n) is 4.90. The SMILES string of the molecule is Cc1cc2cc(CNc3nccc(NCc4ccc5[nH]ncc5c4)n3)ccc2[nH]1. The van der Waals surface area contributed by atoms with Gasteiger partial charge in [-0.1, -0.05) is 12.1 Å². The minimum Gasteiger partial charge on any atom is -0.366 e. The maximum atomic E-state index is 4.56. The Morgan fingerprint density at radius 1 is 0.862 bits per heavy atom. The fourth-order valence-corrected chi connectivity index (χ4v) is 3.46. The number of fused-ring (bicyclic) bond motifs is 2. The number of aromatic nitrogens is 5. The largest absolute Gasteiger partial charge is 0.366 e. The van der Waals surface area contributed by atoms with E-state index in [2.05, 4.69) is 79.1 Å². The number of H-pyrrole nitrogens is 2. The topological polar surface area (TPSA) is 94.3 Å². The van der Waals surface area contributed by atoms with E-state index in [0.717, 1.165) is 22.2 Å². The molecule has 0 saturated carbocycles. The highest BCUT2D eigenvalue weighted by atomic mass is 15.1. The van der Waals surface area contributed by atoms with Gasteiger partial charge in [0, 0.05) is 35.9 Å². The highest BCUT2D eigenvalue weighted by molar-refractivity contribution is 5.81. The minimum absolute atomic E-state index is 0.602. The number of anilines is 2. The first-order valence-electron chi connectivity index (χ1n) is 9.54. The second-order valence-corrected chi connectivity index (χ2v) is 7.14. The minimum atomic E-state index is 0.602. The predicted molar refractivity (Wildman–Crippen MR) is 116 cm³/mol. The number of hydrogen-bond acceptors (Lipinski definition) is 5. The summed E-state index contributed by atoms with van der Waals surface area (Å²) in [7, 11) is 0. The summed E-state index contributed by atoms with van der Waals surface area (Å²) in [6.45, 7) is 3.42. The molecule has 0 fully saturated rings. The summed E-state index contributed by atoms with van der Waals surface area (Å²) in [6.07, 6.45) is 3.59. The average Bonchev–Trinajstić information content (AvgIpc) is 3.35. The lowest BCUT2D eigenvalue weighted by Gasteiger charge is -2.09. The molecule has 0 spiro atoms. The van der Waals surface area contributed by atoms with Crippen molar-refractivity contribution >= 4 is 33.6 Å². The number of aryl methyl sites for hydroxylation is 1. The van der Waals surface area contributed by atoms with E-state index < -0.39 is 0 Å². The Morgan fingerprint density at radius 2 is 1.66 bits per heavy atom. The van der Waals surface area contributed by atoms with Crippen molar-refractivity contribution in [2.24, 2.45) is 0 Å². The molecule has 5 aromatic rings. The van der Waals surface area contributed by atoms with Crippen molar-refractivity contribution in [1.82, 2.24) is 25.1 Å². The van der Waals surface area contributed by atoms with E-state index in [4.69, 9.17) is 0 Å². The van der Waals surface area contributed by atoms with Gasteiger partial charge >= 0.3 is 0 Å². The van der Waals surface area contributed by atoms with Gasteiger partial charge in [0.05, 0.1) is 11.7 Å².